The molecule has 0 aromatic rings. The minimum atomic E-state index is -1.48. The third-order valence-corrected chi connectivity index (χ3v) is 3.80. The van der Waals surface area contributed by atoms with Crippen LogP contribution in [-0.4, -0.2) is 76.6 Å². The summed E-state index contributed by atoms with van der Waals surface area (Å²) in [4.78, 5) is 57.1. The molecule has 0 fully saturated rings. The molecule has 3 unspecified atom stereocenters. The number of carbonyl (C=O) groups is 5. The molecule has 0 aliphatic rings. The third kappa shape index (κ3) is 9.84. The lowest BCUT2D eigenvalue weighted by molar-refractivity contribution is -0.143. The molecule has 3 atom stereocenters. The van der Waals surface area contributed by atoms with E-state index in [9.17, 15) is 24.0 Å². The second-order valence-electron chi connectivity index (χ2n) is 5.39. The molecule has 11 nitrogen and oxygen atoms in total. The molecule has 0 aliphatic carbocycles. The van der Waals surface area contributed by atoms with Gasteiger partial charge in [-0.15, -0.1) is 0 Å². The Hall–Kier alpha value is -2.34. The van der Waals surface area contributed by atoms with E-state index in [1.54, 1.807) is 0 Å². The Morgan fingerprint density at radius 2 is 1.69 bits per heavy atom. The SMILES string of the molecule is CSCCC(N)C(=O)NCC(=O)NC(CC(=O)O)C(=O)NC(C)C(=O)O. The first-order valence-electron chi connectivity index (χ1n) is 7.65. The van der Waals surface area contributed by atoms with Crippen molar-refractivity contribution in [2.75, 3.05) is 18.6 Å². The summed E-state index contributed by atoms with van der Waals surface area (Å²) in [5.74, 6) is -4.32. The van der Waals surface area contributed by atoms with Gasteiger partial charge in [0.25, 0.3) is 0 Å². The maximum atomic E-state index is 11.9. The molecule has 0 bridgehead atoms. The van der Waals surface area contributed by atoms with Crippen molar-refractivity contribution < 1.29 is 34.2 Å². The van der Waals surface area contributed by atoms with Crippen molar-refractivity contribution in [2.24, 2.45) is 5.73 Å². The van der Waals surface area contributed by atoms with E-state index in [-0.39, 0.29) is 0 Å². The number of carboxylic acids is 2. The summed E-state index contributed by atoms with van der Waals surface area (Å²) in [6.07, 6.45) is 1.54. The molecule has 7 N–H and O–H groups in total. The van der Waals surface area contributed by atoms with Gasteiger partial charge in [0, 0.05) is 0 Å². The molecule has 0 aromatic carbocycles. The van der Waals surface area contributed by atoms with Crippen LogP contribution in [-0.2, 0) is 24.0 Å². The monoisotopic (exact) mass is 392 g/mol. The fraction of sp³-hybridized carbons (Fsp3) is 0.643. The van der Waals surface area contributed by atoms with Gasteiger partial charge in [0.1, 0.15) is 12.1 Å². The van der Waals surface area contributed by atoms with Crippen LogP contribution in [0.25, 0.3) is 0 Å². The summed E-state index contributed by atoms with van der Waals surface area (Å²) >= 11 is 1.51. The molecule has 148 valence electrons. The van der Waals surface area contributed by atoms with Crippen molar-refractivity contribution in [1.82, 2.24) is 16.0 Å². The summed E-state index contributed by atoms with van der Waals surface area (Å²) in [5, 5.41) is 24.1. The summed E-state index contributed by atoms with van der Waals surface area (Å²) in [6.45, 7) is 0.694. The zero-order valence-corrected chi connectivity index (χ0v) is 15.3. The zero-order valence-electron chi connectivity index (χ0n) is 14.5. The number of hydrogen-bond donors (Lipinski definition) is 6. The third-order valence-electron chi connectivity index (χ3n) is 3.15. The van der Waals surface area contributed by atoms with Crippen molar-refractivity contribution in [3.63, 3.8) is 0 Å². The van der Waals surface area contributed by atoms with Gasteiger partial charge in [-0.2, -0.15) is 11.8 Å². The van der Waals surface area contributed by atoms with Gasteiger partial charge in [-0.25, -0.2) is 0 Å². The van der Waals surface area contributed by atoms with Gasteiger partial charge in [0.05, 0.1) is 19.0 Å². The van der Waals surface area contributed by atoms with Crippen LogP contribution in [0.2, 0.25) is 0 Å². The number of thioether (sulfide) groups is 1. The number of rotatable bonds is 12. The Balaban J connectivity index is 4.63. The number of nitrogens with two attached hydrogens (primary N) is 1. The molecule has 12 heteroatoms. The molecule has 0 saturated heterocycles. The van der Waals surface area contributed by atoms with E-state index in [0.29, 0.717) is 12.2 Å². The molecule has 0 saturated carbocycles. The van der Waals surface area contributed by atoms with E-state index in [0.717, 1.165) is 0 Å². The first-order chi connectivity index (χ1) is 12.1. The van der Waals surface area contributed by atoms with Crippen LogP contribution >= 0.6 is 11.8 Å². The van der Waals surface area contributed by atoms with Crippen LogP contribution in [0.15, 0.2) is 0 Å². The number of hydrogen-bond acceptors (Lipinski definition) is 7. The largest absolute Gasteiger partial charge is 0.481 e. The van der Waals surface area contributed by atoms with Crippen molar-refractivity contribution in [3.8, 4) is 0 Å². The molecular weight excluding hydrogens is 368 g/mol. The molecule has 0 radical (unpaired) electrons. The summed E-state index contributed by atoms with van der Waals surface area (Å²) in [5.41, 5.74) is 5.63. The maximum absolute atomic E-state index is 11.9. The van der Waals surface area contributed by atoms with E-state index >= 15 is 0 Å². The number of carbonyl (C=O) groups excluding carboxylic acids is 3. The van der Waals surface area contributed by atoms with E-state index in [1.165, 1.54) is 18.7 Å². The number of carboxylic acid groups (broad SMARTS) is 2. The highest BCUT2D eigenvalue weighted by molar-refractivity contribution is 7.98. The van der Waals surface area contributed by atoms with Crippen molar-refractivity contribution in [2.45, 2.75) is 37.9 Å². The lowest BCUT2D eigenvalue weighted by Gasteiger charge is -2.19. The number of amides is 3. The van der Waals surface area contributed by atoms with Crippen molar-refractivity contribution in [1.29, 1.82) is 0 Å². The average Bonchev–Trinajstić information content (AvgIpc) is 2.56. The van der Waals surface area contributed by atoms with Crippen LogP contribution in [0.5, 0.6) is 0 Å². The minimum Gasteiger partial charge on any atom is -0.481 e. The lowest BCUT2D eigenvalue weighted by Crippen LogP contribution is -2.53. The van der Waals surface area contributed by atoms with Gasteiger partial charge in [-0.3, -0.25) is 24.0 Å². The Morgan fingerprint density at radius 3 is 2.19 bits per heavy atom. The lowest BCUT2D eigenvalue weighted by atomic mass is 10.1. The number of nitrogens with one attached hydrogen (secondary N) is 3. The highest BCUT2D eigenvalue weighted by Crippen LogP contribution is 1.99. The van der Waals surface area contributed by atoms with E-state index in [1.807, 2.05) is 6.26 Å². The number of aliphatic carboxylic acids is 2. The van der Waals surface area contributed by atoms with Crippen molar-refractivity contribution >= 4 is 41.4 Å². The second kappa shape index (κ2) is 12.1. The van der Waals surface area contributed by atoms with Gasteiger partial charge in [-0.1, -0.05) is 0 Å². The molecule has 0 aliphatic heterocycles. The summed E-state index contributed by atoms with van der Waals surface area (Å²) in [7, 11) is 0. The van der Waals surface area contributed by atoms with Crippen LogP contribution in [0.3, 0.4) is 0 Å². The van der Waals surface area contributed by atoms with Gasteiger partial charge < -0.3 is 31.9 Å². The predicted molar refractivity (Wildman–Crippen MR) is 93.4 cm³/mol. The summed E-state index contributed by atoms with van der Waals surface area (Å²) < 4.78 is 0. The van der Waals surface area contributed by atoms with Crippen LogP contribution in [0.1, 0.15) is 19.8 Å². The van der Waals surface area contributed by atoms with Gasteiger partial charge in [0.15, 0.2) is 0 Å². The van der Waals surface area contributed by atoms with E-state index < -0.39 is 60.8 Å². The van der Waals surface area contributed by atoms with Crippen LogP contribution in [0, 0.1) is 0 Å². The molecule has 0 heterocycles. The Morgan fingerprint density at radius 1 is 1.08 bits per heavy atom. The van der Waals surface area contributed by atoms with Gasteiger partial charge >= 0.3 is 11.9 Å². The van der Waals surface area contributed by atoms with Crippen molar-refractivity contribution in [3.05, 3.63) is 0 Å². The highest BCUT2D eigenvalue weighted by Gasteiger charge is 2.26. The first kappa shape index (κ1) is 23.7. The molecule has 3 amide bonds. The Labute approximate surface area is 154 Å². The smallest absolute Gasteiger partial charge is 0.325 e. The normalized spacial score (nSPS) is 13.8. The Kier molecular flexibility index (Phi) is 11.0. The van der Waals surface area contributed by atoms with Gasteiger partial charge in [0.2, 0.25) is 17.7 Å². The van der Waals surface area contributed by atoms with Crippen LogP contribution in [0.4, 0.5) is 0 Å². The first-order valence-corrected chi connectivity index (χ1v) is 9.04. The van der Waals surface area contributed by atoms with E-state index in [4.69, 9.17) is 15.9 Å². The topological polar surface area (TPSA) is 188 Å². The Bertz CT molecular complexity index is 543. The highest BCUT2D eigenvalue weighted by atomic mass is 32.2. The summed E-state index contributed by atoms with van der Waals surface area (Å²) in [6, 6.07) is -3.53. The fourth-order valence-electron chi connectivity index (χ4n) is 1.68. The van der Waals surface area contributed by atoms with Gasteiger partial charge in [-0.05, 0) is 25.4 Å². The second-order valence-corrected chi connectivity index (χ2v) is 6.38. The molecule has 0 rings (SSSR count). The minimum absolute atomic E-state index is 0.422. The molecular formula is C14H24N4O7S. The molecule has 0 aromatic heterocycles. The maximum Gasteiger partial charge on any atom is 0.325 e. The quantitative estimate of drug-likeness (QED) is 0.213. The predicted octanol–water partition coefficient (Wildman–Crippen LogP) is -2.27. The molecule has 26 heavy (non-hydrogen) atoms. The van der Waals surface area contributed by atoms with E-state index in [2.05, 4.69) is 16.0 Å². The molecule has 0 spiro atoms. The standard InChI is InChI=1S/C14H24N4O7S/c1-7(14(24)25)17-13(23)9(5-11(20)21)18-10(19)6-16-12(22)8(15)3-4-26-2/h7-9H,3-6,15H2,1-2H3,(H,16,22)(H,17,23)(H,18,19)(H,20,21)(H,24,25). The van der Waals surface area contributed by atoms with Crippen LogP contribution < -0.4 is 21.7 Å². The zero-order chi connectivity index (χ0) is 20.3. The fourth-order valence-corrected chi connectivity index (χ4v) is 2.17. The average molecular weight is 392 g/mol.